The van der Waals surface area contributed by atoms with Gasteiger partial charge in [-0.2, -0.15) is 4.31 Å². The fraction of sp³-hybridized carbons (Fsp3) is 0.471. The lowest BCUT2D eigenvalue weighted by atomic mass is 10.0. The minimum atomic E-state index is -3.54. The quantitative estimate of drug-likeness (QED) is 0.867. The van der Waals surface area contributed by atoms with E-state index in [4.69, 9.17) is 4.74 Å². The summed E-state index contributed by atoms with van der Waals surface area (Å²) < 4.78 is 33.8. The van der Waals surface area contributed by atoms with E-state index in [0.29, 0.717) is 10.4 Å². The summed E-state index contributed by atoms with van der Waals surface area (Å²) in [6.45, 7) is 0. The zero-order valence-corrected chi connectivity index (χ0v) is 13.9. The Labute approximate surface area is 136 Å². The molecule has 0 radical (unpaired) electrons. The summed E-state index contributed by atoms with van der Waals surface area (Å²) in [5, 5.41) is 0.854. The summed E-state index contributed by atoms with van der Waals surface area (Å²) in [5.74, 6) is 0. The molecule has 2 bridgehead atoms. The average Bonchev–Trinajstić information content (AvgIpc) is 2.86. The first-order valence-corrected chi connectivity index (χ1v) is 9.45. The van der Waals surface area contributed by atoms with Gasteiger partial charge in [0.1, 0.15) is 4.90 Å². The number of fused-ring (bicyclic) bond motifs is 3. The summed E-state index contributed by atoms with van der Waals surface area (Å²) in [7, 11) is -1.83. The summed E-state index contributed by atoms with van der Waals surface area (Å²) in [6.07, 6.45) is 5.22. The second-order valence-electron chi connectivity index (χ2n) is 6.38. The minimum Gasteiger partial charge on any atom is -0.381 e. The fourth-order valence-corrected chi connectivity index (χ4v) is 6.13. The van der Waals surface area contributed by atoms with E-state index in [1.54, 1.807) is 29.7 Å². The molecule has 4 rings (SSSR count). The molecule has 2 saturated heterocycles. The summed E-state index contributed by atoms with van der Waals surface area (Å²) >= 11 is 0. The number of rotatable bonds is 3. The van der Waals surface area contributed by atoms with Gasteiger partial charge in [0.25, 0.3) is 0 Å². The summed E-state index contributed by atoms with van der Waals surface area (Å²) in [4.78, 5) is 4.64. The van der Waals surface area contributed by atoms with Crippen LogP contribution in [0, 0.1) is 0 Å². The molecule has 2 unspecified atom stereocenters. The van der Waals surface area contributed by atoms with E-state index in [9.17, 15) is 8.42 Å². The SMILES string of the molecule is COC1CC2CCC(C1)N2S(=O)(=O)c1cccc2cccnc12. The molecule has 0 aliphatic carbocycles. The van der Waals surface area contributed by atoms with Gasteiger partial charge in [-0.1, -0.05) is 18.2 Å². The van der Waals surface area contributed by atoms with E-state index in [2.05, 4.69) is 4.98 Å². The third-order valence-corrected chi connectivity index (χ3v) is 7.14. The number of nitrogens with zero attached hydrogens (tertiary/aromatic N) is 2. The third kappa shape index (κ3) is 2.36. The van der Waals surface area contributed by atoms with Crippen LogP contribution in [0.15, 0.2) is 41.4 Å². The number of sulfonamides is 1. The van der Waals surface area contributed by atoms with Crippen LogP contribution in [-0.2, 0) is 14.8 Å². The van der Waals surface area contributed by atoms with Gasteiger partial charge >= 0.3 is 0 Å². The zero-order valence-electron chi connectivity index (χ0n) is 13.1. The molecule has 122 valence electrons. The van der Waals surface area contributed by atoms with Crippen LogP contribution in [0.1, 0.15) is 25.7 Å². The maximum atomic E-state index is 13.3. The number of benzene rings is 1. The Morgan fingerprint density at radius 1 is 1.13 bits per heavy atom. The molecule has 5 nitrogen and oxygen atoms in total. The van der Waals surface area contributed by atoms with Crippen LogP contribution in [0.2, 0.25) is 0 Å². The molecular formula is C17H20N2O3S. The van der Waals surface area contributed by atoms with Gasteiger partial charge < -0.3 is 4.74 Å². The van der Waals surface area contributed by atoms with Crippen molar-refractivity contribution in [2.45, 2.75) is 48.8 Å². The van der Waals surface area contributed by atoms with E-state index in [-0.39, 0.29) is 18.2 Å². The largest absolute Gasteiger partial charge is 0.381 e. The first kappa shape index (κ1) is 15.1. The molecule has 2 aliphatic rings. The second-order valence-corrected chi connectivity index (χ2v) is 8.19. The number of methoxy groups -OCH3 is 1. The Morgan fingerprint density at radius 2 is 1.83 bits per heavy atom. The topological polar surface area (TPSA) is 59.5 Å². The Hall–Kier alpha value is -1.50. The highest BCUT2D eigenvalue weighted by atomic mass is 32.2. The molecule has 6 heteroatoms. The zero-order chi connectivity index (χ0) is 16.0. The molecule has 3 heterocycles. The average molecular weight is 332 g/mol. The van der Waals surface area contributed by atoms with E-state index in [1.807, 2.05) is 18.2 Å². The molecule has 0 N–H and O–H groups in total. The first-order valence-electron chi connectivity index (χ1n) is 8.01. The lowest BCUT2D eigenvalue weighted by Crippen LogP contribution is -2.48. The lowest BCUT2D eigenvalue weighted by molar-refractivity contribution is 0.0349. The second kappa shape index (κ2) is 5.54. The highest BCUT2D eigenvalue weighted by molar-refractivity contribution is 7.89. The van der Waals surface area contributed by atoms with Crippen molar-refractivity contribution >= 4 is 20.9 Å². The monoisotopic (exact) mass is 332 g/mol. The Kier molecular flexibility index (Phi) is 3.63. The van der Waals surface area contributed by atoms with Gasteiger partial charge in [0.2, 0.25) is 10.0 Å². The van der Waals surface area contributed by atoms with Gasteiger partial charge in [-0.05, 0) is 37.8 Å². The Morgan fingerprint density at radius 3 is 2.52 bits per heavy atom. The van der Waals surface area contributed by atoms with Gasteiger partial charge in [0, 0.05) is 30.8 Å². The van der Waals surface area contributed by atoms with E-state index in [0.717, 1.165) is 31.1 Å². The van der Waals surface area contributed by atoms with Crippen molar-refractivity contribution in [3.05, 3.63) is 36.5 Å². The summed E-state index contributed by atoms with van der Waals surface area (Å²) in [6, 6.07) is 9.17. The van der Waals surface area contributed by atoms with Crippen molar-refractivity contribution in [3.63, 3.8) is 0 Å². The number of ether oxygens (including phenoxy) is 1. The van der Waals surface area contributed by atoms with Crippen molar-refractivity contribution in [3.8, 4) is 0 Å². The molecule has 1 aromatic carbocycles. The van der Waals surface area contributed by atoms with Crippen LogP contribution < -0.4 is 0 Å². The van der Waals surface area contributed by atoms with Crippen LogP contribution in [-0.4, -0.2) is 43.0 Å². The van der Waals surface area contributed by atoms with Crippen molar-refractivity contribution in [2.75, 3.05) is 7.11 Å². The number of hydrogen-bond acceptors (Lipinski definition) is 4. The Bertz CT molecular complexity index is 817. The van der Waals surface area contributed by atoms with Gasteiger partial charge in [0.15, 0.2) is 0 Å². The molecule has 0 amide bonds. The fourth-order valence-electron chi connectivity index (χ4n) is 4.07. The van der Waals surface area contributed by atoms with Crippen molar-refractivity contribution in [2.24, 2.45) is 0 Å². The smallest absolute Gasteiger partial charge is 0.245 e. The van der Waals surface area contributed by atoms with Crippen molar-refractivity contribution in [1.29, 1.82) is 0 Å². The molecule has 2 fully saturated rings. The van der Waals surface area contributed by atoms with Crippen LogP contribution in [0.25, 0.3) is 10.9 Å². The molecule has 0 spiro atoms. The predicted octanol–water partition coefficient (Wildman–Crippen LogP) is 2.57. The van der Waals surface area contributed by atoms with E-state index >= 15 is 0 Å². The Balaban J connectivity index is 1.79. The molecule has 2 aromatic rings. The highest BCUT2D eigenvalue weighted by Crippen LogP contribution is 2.41. The molecule has 1 aromatic heterocycles. The third-order valence-electron chi connectivity index (χ3n) is 5.11. The number of piperidine rings is 1. The number of pyridine rings is 1. The normalized spacial score (nSPS) is 28.3. The maximum absolute atomic E-state index is 13.3. The molecular weight excluding hydrogens is 312 g/mol. The van der Waals surface area contributed by atoms with E-state index < -0.39 is 10.0 Å². The standard InChI is InChI=1S/C17H20N2O3S/c1-22-15-10-13-7-8-14(11-15)19(13)23(20,21)16-6-2-4-12-5-3-9-18-17(12)16/h2-6,9,13-15H,7-8,10-11H2,1H3. The van der Waals surface area contributed by atoms with Gasteiger partial charge in [-0.25, -0.2) is 8.42 Å². The lowest BCUT2D eigenvalue weighted by Gasteiger charge is -2.37. The predicted molar refractivity (Wildman–Crippen MR) is 87.6 cm³/mol. The van der Waals surface area contributed by atoms with Crippen LogP contribution >= 0.6 is 0 Å². The van der Waals surface area contributed by atoms with Crippen LogP contribution in [0.3, 0.4) is 0 Å². The molecule has 23 heavy (non-hydrogen) atoms. The first-order chi connectivity index (χ1) is 11.1. The molecule has 0 saturated carbocycles. The van der Waals surface area contributed by atoms with Crippen molar-refractivity contribution in [1.82, 2.24) is 9.29 Å². The van der Waals surface area contributed by atoms with Gasteiger partial charge in [-0.3, -0.25) is 4.98 Å². The number of para-hydroxylation sites is 1. The van der Waals surface area contributed by atoms with Gasteiger partial charge in [0.05, 0.1) is 11.6 Å². The number of aromatic nitrogens is 1. The van der Waals surface area contributed by atoms with Crippen LogP contribution in [0.5, 0.6) is 0 Å². The molecule has 2 atom stereocenters. The van der Waals surface area contributed by atoms with Gasteiger partial charge in [-0.15, -0.1) is 0 Å². The minimum absolute atomic E-state index is 0.0441. The highest BCUT2D eigenvalue weighted by Gasteiger charge is 2.47. The van der Waals surface area contributed by atoms with E-state index in [1.165, 1.54) is 0 Å². The number of hydrogen-bond donors (Lipinski definition) is 0. The van der Waals surface area contributed by atoms with Crippen LogP contribution in [0.4, 0.5) is 0 Å². The molecule has 2 aliphatic heterocycles. The van der Waals surface area contributed by atoms with Crippen molar-refractivity contribution < 1.29 is 13.2 Å². The summed E-state index contributed by atoms with van der Waals surface area (Å²) in [5.41, 5.74) is 0.559. The maximum Gasteiger partial charge on any atom is 0.245 e.